The number of benzene rings is 1. The highest BCUT2D eigenvalue weighted by Gasteiger charge is 2.45. The van der Waals surface area contributed by atoms with Gasteiger partial charge in [-0.3, -0.25) is 4.99 Å². The van der Waals surface area contributed by atoms with Crippen LogP contribution in [0.25, 0.3) is 0 Å². The van der Waals surface area contributed by atoms with Crippen molar-refractivity contribution in [1.82, 2.24) is 10.6 Å². The predicted octanol–water partition coefficient (Wildman–Crippen LogP) is 2.82. The fourth-order valence-electron chi connectivity index (χ4n) is 2.37. The highest BCUT2D eigenvalue weighted by Crippen LogP contribution is 2.48. The van der Waals surface area contributed by atoms with Crippen LogP contribution in [0.4, 0.5) is 4.39 Å². The van der Waals surface area contributed by atoms with Gasteiger partial charge in [0.05, 0.1) is 0 Å². The maximum atomic E-state index is 13.9. The molecule has 20 heavy (non-hydrogen) atoms. The highest BCUT2D eigenvalue weighted by atomic mass is 19.1. The molecule has 0 spiro atoms. The van der Waals surface area contributed by atoms with Gasteiger partial charge in [0.15, 0.2) is 5.96 Å². The van der Waals surface area contributed by atoms with Crippen molar-refractivity contribution in [2.24, 2.45) is 4.99 Å². The molecular weight excluding hydrogens is 253 g/mol. The zero-order valence-electron chi connectivity index (χ0n) is 12.5. The molecule has 1 aromatic carbocycles. The van der Waals surface area contributed by atoms with Crippen molar-refractivity contribution in [3.63, 3.8) is 0 Å². The average molecular weight is 277 g/mol. The Morgan fingerprint density at radius 2 is 2.10 bits per heavy atom. The van der Waals surface area contributed by atoms with E-state index in [1.807, 2.05) is 12.1 Å². The lowest BCUT2D eigenvalue weighted by atomic mass is 9.95. The molecule has 1 aromatic rings. The van der Waals surface area contributed by atoms with Gasteiger partial charge in [0.25, 0.3) is 0 Å². The van der Waals surface area contributed by atoms with Crippen molar-refractivity contribution in [3.8, 4) is 0 Å². The van der Waals surface area contributed by atoms with Crippen molar-refractivity contribution < 1.29 is 4.39 Å². The number of hydrogen-bond acceptors (Lipinski definition) is 1. The normalized spacial score (nSPS) is 18.5. The third kappa shape index (κ3) is 3.30. The maximum absolute atomic E-state index is 13.9. The summed E-state index contributed by atoms with van der Waals surface area (Å²) in [6.07, 6.45) is 3.10. The summed E-state index contributed by atoms with van der Waals surface area (Å²) in [5, 5.41) is 6.66. The number of nitrogens with one attached hydrogen (secondary N) is 2. The Morgan fingerprint density at radius 1 is 1.40 bits per heavy atom. The second kappa shape index (κ2) is 6.25. The van der Waals surface area contributed by atoms with E-state index in [1.54, 1.807) is 19.2 Å². The van der Waals surface area contributed by atoms with Gasteiger partial charge in [0.2, 0.25) is 0 Å². The number of nitrogens with zero attached hydrogens (tertiary/aromatic N) is 1. The van der Waals surface area contributed by atoms with Gasteiger partial charge in [-0.2, -0.15) is 0 Å². The predicted molar refractivity (Wildman–Crippen MR) is 81.6 cm³/mol. The van der Waals surface area contributed by atoms with Crippen LogP contribution in [0.5, 0.6) is 0 Å². The standard InChI is InChI=1S/C16H24FN3/c1-4-12(2)20-15(18-3)19-11-16(9-10-16)13-7-5-6-8-14(13)17/h5-8,12H,4,9-11H2,1-3H3,(H2,18,19,20). The first-order valence-corrected chi connectivity index (χ1v) is 7.33. The molecule has 2 N–H and O–H groups in total. The van der Waals surface area contributed by atoms with Gasteiger partial charge >= 0.3 is 0 Å². The summed E-state index contributed by atoms with van der Waals surface area (Å²) in [4.78, 5) is 4.22. The van der Waals surface area contributed by atoms with Crippen molar-refractivity contribution in [2.75, 3.05) is 13.6 Å². The van der Waals surface area contributed by atoms with Gasteiger partial charge in [0, 0.05) is 25.0 Å². The fourth-order valence-corrected chi connectivity index (χ4v) is 2.37. The van der Waals surface area contributed by atoms with Crippen LogP contribution in [0.15, 0.2) is 29.3 Å². The van der Waals surface area contributed by atoms with Crippen molar-refractivity contribution in [1.29, 1.82) is 0 Å². The molecule has 1 fully saturated rings. The van der Waals surface area contributed by atoms with Gasteiger partial charge in [-0.1, -0.05) is 25.1 Å². The Hall–Kier alpha value is -1.58. The van der Waals surface area contributed by atoms with E-state index in [9.17, 15) is 4.39 Å². The lowest BCUT2D eigenvalue weighted by molar-refractivity contribution is 0.554. The first-order valence-electron chi connectivity index (χ1n) is 7.33. The van der Waals surface area contributed by atoms with E-state index in [4.69, 9.17) is 0 Å². The van der Waals surface area contributed by atoms with Crippen LogP contribution < -0.4 is 10.6 Å². The number of guanidine groups is 1. The zero-order chi connectivity index (χ0) is 14.6. The quantitative estimate of drug-likeness (QED) is 0.641. The summed E-state index contributed by atoms with van der Waals surface area (Å²) >= 11 is 0. The molecule has 0 amide bonds. The zero-order valence-corrected chi connectivity index (χ0v) is 12.5. The minimum Gasteiger partial charge on any atom is -0.356 e. The van der Waals surface area contributed by atoms with Crippen molar-refractivity contribution in [3.05, 3.63) is 35.6 Å². The SMILES string of the molecule is CCC(C)NC(=NC)NCC1(c2ccccc2F)CC1. The third-order valence-electron chi connectivity index (χ3n) is 4.11. The number of hydrogen-bond donors (Lipinski definition) is 2. The van der Waals surface area contributed by atoms with Crippen LogP contribution in [-0.4, -0.2) is 25.6 Å². The van der Waals surface area contributed by atoms with Crippen molar-refractivity contribution >= 4 is 5.96 Å². The number of aliphatic imine (C=N–C) groups is 1. The summed E-state index contributed by atoms with van der Waals surface area (Å²) in [5.41, 5.74) is 0.768. The Bertz CT molecular complexity index is 480. The third-order valence-corrected chi connectivity index (χ3v) is 4.11. The smallest absolute Gasteiger partial charge is 0.191 e. The molecule has 0 heterocycles. The first kappa shape index (κ1) is 14.8. The number of rotatable bonds is 5. The molecule has 3 nitrogen and oxygen atoms in total. The van der Waals surface area contributed by atoms with Gasteiger partial charge in [-0.25, -0.2) is 4.39 Å². The van der Waals surface area contributed by atoms with E-state index in [2.05, 4.69) is 29.5 Å². The Kier molecular flexibility index (Phi) is 4.63. The maximum Gasteiger partial charge on any atom is 0.191 e. The molecule has 0 aromatic heterocycles. The molecule has 1 aliphatic carbocycles. The van der Waals surface area contributed by atoms with E-state index in [0.29, 0.717) is 6.04 Å². The highest BCUT2D eigenvalue weighted by molar-refractivity contribution is 5.80. The van der Waals surface area contributed by atoms with E-state index in [-0.39, 0.29) is 11.2 Å². The van der Waals surface area contributed by atoms with Crippen LogP contribution in [0.3, 0.4) is 0 Å². The average Bonchev–Trinajstić information content (AvgIpc) is 3.24. The minimum absolute atomic E-state index is 0.0571. The Balaban J connectivity index is 1.98. The molecule has 110 valence electrons. The molecule has 0 aliphatic heterocycles. The summed E-state index contributed by atoms with van der Waals surface area (Å²) in [7, 11) is 1.76. The second-order valence-corrected chi connectivity index (χ2v) is 5.64. The molecular formula is C16H24FN3. The van der Waals surface area contributed by atoms with Crippen LogP contribution in [-0.2, 0) is 5.41 Å². The lowest BCUT2D eigenvalue weighted by Gasteiger charge is -2.21. The molecule has 0 saturated heterocycles. The second-order valence-electron chi connectivity index (χ2n) is 5.64. The van der Waals surface area contributed by atoms with Gasteiger partial charge in [-0.05, 0) is 37.8 Å². The molecule has 4 heteroatoms. The molecule has 1 unspecified atom stereocenters. The lowest BCUT2D eigenvalue weighted by Crippen LogP contribution is -2.44. The van der Waals surface area contributed by atoms with E-state index in [1.165, 1.54) is 0 Å². The van der Waals surface area contributed by atoms with Crippen LogP contribution in [0.1, 0.15) is 38.7 Å². The van der Waals surface area contributed by atoms with E-state index >= 15 is 0 Å². The minimum atomic E-state index is -0.100. The van der Waals surface area contributed by atoms with Gasteiger partial charge < -0.3 is 10.6 Å². The van der Waals surface area contributed by atoms with E-state index in [0.717, 1.165) is 37.3 Å². The molecule has 2 rings (SSSR count). The monoisotopic (exact) mass is 277 g/mol. The summed E-state index contributed by atoms with van der Waals surface area (Å²) in [6, 6.07) is 7.47. The fraction of sp³-hybridized carbons (Fsp3) is 0.562. The Morgan fingerprint density at radius 3 is 2.65 bits per heavy atom. The summed E-state index contributed by atoms with van der Waals surface area (Å²) < 4.78 is 13.9. The largest absolute Gasteiger partial charge is 0.356 e. The first-order chi connectivity index (χ1) is 9.61. The van der Waals surface area contributed by atoms with Crippen LogP contribution >= 0.6 is 0 Å². The molecule has 1 saturated carbocycles. The van der Waals surface area contributed by atoms with E-state index < -0.39 is 0 Å². The van der Waals surface area contributed by atoms with Gasteiger partial charge in [0.1, 0.15) is 5.82 Å². The van der Waals surface area contributed by atoms with Crippen LogP contribution in [0, 0.1) is 5.82 Å². The Labute approximate surface area is 120 Å². The summed E-state index contributed by atoms with van der Waals surface area (Å²) in [6.45, 7) is 4.98. The molecule has 0 bridgehead atoms. The van der Waals surface area contributed by atoms with Crippen molar-refractivity contribution in [2.45, 2.75) is 44.6 Å². The molecule has 1 atom stereocenters. The van der Waals surface area contributed by atoms with Gasteiger partial charge in [-0.15, -0.1) is 0 Å². The molecule has 0 radical (unpaired) electrons. The molecule has 1 aliphatic rings. The van der Waals surface area contributed by atoms with Crippen LogP contribution in [0.2, 0.25) is 0 Å². The topological polar surface area (TPSA) is 36.4 Å². The summed E-state index contributed by atoms with van der Waals surface area (Å²) in [5.74, 6) is 0.693. The number of halogens is 1.